The molecule has 4 aromatic heterocycles. The molecule has 2 atom stereocenters. The lowest BCUT2D eigenvalue weighted by Crippen LogP contribution is -2.31. The van der Waals surface area contributed by atoms with Crippen molar-refractivity contribution in [2.45, 2.75) is 25.8 Å². The second kappa shape index (κ2) is 7.01. The summed E-state index contributed by atoms with van der Waals surface area (Å²) in [5.74, 6) is 1.59. The molecule has 1 fully saturated rings. The first-order chi connectivity index (χ1) is 14.3. The highest BCUT2D eigenvalue weighted by Crippen LogP contribution is 2.31. The highest BCUT2D eigenvalue weighted by Gasteiger charge is 2.34. The van der Waals surface area contributed by atoms with E-state index >= 15 is 0 Å². The molecule has 0 saturated carbocycles. The first kappa shape index (κ1) is 17.4. The smallest absolute Gasteiger partial charge is 0.232 e. The first-order valence-electron chi connectivity index (χ1n) is 9.55. The highest BCUT2D eigenvalue weighted by molar-refractivity contribution is 5.76. The molecule has 0 aromatic carbocycles. The van der Waals surface area contributed by atoms with Crippen LogP contribution in [0.5, 0.6) is 5.88 Å². The van der Waals surface area contributed by atoms with E-state index in [1.54, 1.807) is 6.20 Å². The summed E-state index contributed by atoms with van der Waals surface area (Å²) < 4.78 is 7.88. The van der Waals surface area contributed by atoms with Crippen molar-refractivity contribution in [2.75, 3.05) is 18.1 Å². The normalized spacial score (nSPS) is 19.1. The number of fused-ring (bicyclic) bond motifs is 3. The van der Waals surface area contributed by atoms with E-state index in [1.165, 1.54) is 12.4 Å². The quantitative estimate of drug-likeness (QED) is 0.550. The highest BCUT2D eigenvalue weighted by atomic mass is 16.5. The van der Waals surface area contributed by atoms with Crippen LogP contribution in [0.15, 0.2) is 30.9 Å². The molecule has 5 rings (SSSR count). The number of nitrogens with one attached hydrogen (secondary N) is 1. The van der Waals surface area contributed by atoms with Crippen molar-refractivity contribution < 1.29 is 4.74 Å². The summed E-state index contributed by atoms with van der Waals surface area (Å²) in [6.45, 7) is 3.53. The van der Waals surface area contributed by atoms with Crippen LogP contribution in [0.2, 0.25) is 0 Å². The van der Waals surface area contributed by atoms with Gasteiger partial charge in [0.1, 0.15) is 6.07 Å². The number of H-pyrrole nitrogens is 1. The molecule has 0 aliphatic carbocycles. The van der Waals surface area contributed by atoms with Crippen molar-refractivity contribution >= 4 is 22.8 Å². The maximum absolute atomic E-state index is 8.82. The molecule has 0 spiro atoms. The molecule has 4 aromatic rings. The van der Waals surface area contributed by atoms with Gasteiger partial charge in [0.05, 0.1) is 30.7 Å². The number of hydrogen-bond acceptors (Lipinski definition) is 8. The fourth-order valence-corrected chi connectivity index (χ4v) is 3.97. The average molecular weight is 389 g/mol. The third-order valence-electron chi connectivity index (χ3n) is 5.36. The zero-order chi connectivity index (χ0) is 19.8. The molecule has 1 saturated heterocycles. The SMILES string of the molecule is CC[C@H]1C[C@@H](COc2cnc(C#N)cn2)CN1c1nnc2cnc3[nH]ccc3n12. The van der Waals surface area contributed by atoms with Gasteiger partial charge in [-0.3, -0.25) is 4.40 Å². The van der Waals surface area contributed by atoms with Gasteiger partial charge in [0.15, 0.2) is 17.0 Å². The van der Waals surface area contributed by atoms with Crippen LogP contribution in [0.4, 0.5) is 5.95 Å². The van der Waals surface area contributed by atoms with Gasteiger partial charge < -0.3 is 14.6 Å². The molecule has 0 bridgehead atoms. The predicted molar refractivity (Wildman–Crippen MR) is 104 cm³/mol. The van der Waals surface area contributed by atoms with Crippen LogP contribution in [0, 0.1) is 17.2 Å². The Morgan fingerprint density at radius 2 is 2.17 bits per heavy atom. The molecule has 0 radical (unpaired) electrons. The van der Waals surface area contributed by atoms with Crippen LogP contribution in [0.1, 0.15) is 25.5 Å². The van der Waals surface area contributed by atoms with Crippen LogP contribution in [-0.4, -0.2) is 53.7 Å². The Hall–Kier alpha value is -3.74. The number of hydrogen-bond donors (Lipinski definition) is 1. The second-order valence-corrected chi connectivity index (χ2v) is 7.14. The van der Waals surface area contributed by atoms with Crippen LogP contribution in [0.25, 0.3) is 16.8 Å². The number of nitrogens with zero attached hydrogens (tertiary/aromatic N) is 8. The fraction of sp³-hybridized carbons (Fsp3) is 0.368. The molecule has 146 valence electrons. The Labute approximate surface area is 166 Å². The molecular formula is C19H19N9O. The molecule has 10 nitrogen and oxygen atoms in total. The molecule has 1 aliphatic rings. The number of anilines is 1. The minimum atomic E-state index is 0.277. The maximum atomic E-state index is 8.82. The van der Waals surface area contributed by atoms with E-state index in [4.69, 9.17) is 10.00 Å². The number of ether oxygens (including phenoxy) is 1. The van der Waals surface area contributed by atoms with Crippen molar-refractivity contribution in [3.05, 3.63) is 36.5 Å². The van der Waals surface area contributed by atoms with E-state index in [2.05, 4.69) is 46.4 Å². The van der Waals surface area contributed by atoms with Crippen LogP contribution < -0.4 is 9.64 Å². The van der Waals surface area contributed by atoms with Crippen LogP contribution in [0.3, 0.4) is 0 Å². The summed E-state index contributed by atoms with van der Waals surface area (Å²) in [5, 5.41) is 17.6. The predicted octanol–water partition coefficient (Wildman–Crippen LogP) is 1.95. The third kappa shape index (κ3) is 3.00. The Morgan fingerprint density at radius 3 is 2.97 bits per heavy atom. The maximum Gasteiger partial charge on any atom is 0.232 e. The molecule has 0 unspecified atom stereocenters. The molecule has 1 N–H and O–H groups in total. The lowest BCUT2D eigenvalue weighted by Gasteiger charge is -2.23. The third-order valence-corrected chi connectivity index (χ3v) is 5.36. The summed E-state index contributed by atoms with van der Waals surface area (Å²) >= 11 is 0. The van der Waals surface area contributed by atoms with Crippen LogP contribution in [-0.2, 0) is 0 Å². The summed E-state index contributed by atoms with van der Waals surface area (Å²) in [5.41, 5.74) is 2.78. The number of nitriles is 1. The van der Waals surface area contributed by atoms with E-state index in [1.807, 2.05) is 18.3 Å². The van der Waals surface area contributed by atoms with Crippen molar-refractivity contribution in [3.8, 4) is 11.9 Å². The van der Waals surface area contributed by atoms with Crippen LogP contribution >= 0.6 is 0 Å². The standard InChI is InChI=1S/C19H19N9O/c1-2-14-5-12(11-29-17-9-22-13(6-20)7-23-17)10-27(14)19-26-25-16-8-24-18-15(28(16)19)3-4-21-18/h3-4,7-9,12,14,21H,2,5,10-11H2,1H3/t12-,14+/m1/s1. The molecule has 10 heteroatoms. The summed E-state index contributed by atoms with van der Waals surface area (Å²) in [6.07, 6.45) is 8.52. The van der Waals surface area contributed by atoms with E-state index in [9.17, 15) is 0 Å². The van der Waals surface area contributed by atoms with Gasteiger partial charge in [-0.15, -0.1) is 10.2 Å². The summed E-state index contributed by atoms with van der Waals surface area (Å²) in [4.78, 5) is 18.0. The molecular weight excluding hydrogens is 370 g/mol. The Morgan fingerprint density at radius 1 is 1.24 bits per heavy atom. The van der Waals surface area contributed by atoms with Crippen molar-refractivity contribution in [1.29, 1.82) is 5.26 Å². The van der Waals surface area contributed by atoms with Gasteiger partial charge in [-0.25, -0.2) is 15.0 Å². The minimum absolute atomic E-state index is 0.277. The molecule has 1 aliphatic heterocycles. The van der Waals surface area contributed by atoms with E-state index in [-0.39, 0.29) is 5.69 Å². The first-order valence-corrected chi connectivity index (χ1v) is 9.55. The summed E-state index contributed by atoms with van der Waals surface area (Å²) in [7, 11) is 0. The monoisotopic (exact) mass is 389 g/mol. The number of rotatable bonds is 5. The molecule has 0 amide bonds. The Bertz CT molecular complexity index is 1190. The van der Waals surface area contributed by atoms with Gasteiger partial charge in [-0.05, 0) is 18.9 Å². The minimum Gasteiger partial charge on any atom is -0.476 e. The van der Waals surface area contributed by atoms with Gasteiger partial charge in [-0.1, -0.05) is 6.92 Å². The van der Waals surface area contributed by atoms with Gasteiger partial charge in [0.25, 0.3) is 0 Å². The number of aromatic amines is 1. The van der Waals surface area contributed by atoms with E-state index < -0.39 is 0 Å². The summed E-state index contributed by atoms with van der Waals surface area (Å²) in [6, 6.07) is 4.30. The zero-order valence-corrected chi connectivity index (χ0v) is 15.9. The lowest BCUT2D eigenvalue weighted by atomic mass is 10.1. The molecule has 5 heterocycles. The topological polar surface area (TPSA) is 121 Å². The van der Waals surface area contributed by atoms with Crippen molar-refractivity contribution in [1.82, 2.24) is 34.5 Å². The van der Waals surface area contributed by atoms with Gasteiger partial charge in [-0.2, -0.15) is 5.26 Å². The van der Waals surface area contributed by atoms with E-state index in [0.717, 1.165) is 42.1 Å². The largest absolute Gasteiger partial charge is 0.476 e. The van der Waals surface area contributed by atoms with Crippen molar-refractivity contribution in [3.63, 3.8) is 0 Å². The second-order valence-electron chi connectivity index (χ2n) is 7.14. The van der Waals surface area contributed by atoms with Gasteiger partial charge in [0, 0.05) is 24.7 Å². The Kier molecular flexibility index (Phi) is 4.20. The fourth-order valence-electron chi connectivity index (χ4n) is 3.97. The van der Waals surface area contributed by atoms with E-state index in [0.29, 0.717) is 24.4 Å². The van der Waals surface area contributed by atoms with Crippen molar-refractivity contribution in [2.24, 2.45) is 5.92 Å². The molecule has 29 heavy (non-hydrogen) atoms. The van der Waals surface area contributed by atoms with Gasteiger partial charge >= 0.3 is 0 Å². The lowest BCUT2D eigenvalue weighted by molar-refractivity contribution is 0.248. The average Bonchev–Trinajstić information content (AvgIpc) is 3.48. The zero-order valence-electron chi connectivity index (χ0n) is 15.9. The number of aromatic nitrogens is 7. The van der Waals surface area contributed by atoms with Gasteiger partial charge in [0.2, 0.25) is 11.8 Å². The Balaban J connectivity index is 1.37.